The van der Waals surface area contributed by atoms with Crippen molar-refractivity contribution in [3.8, 4) is 11.1 Å². The van der Waals surface area contributed by atoms with Gasteiger partial charge in [0.15, 0.2) is 0 Å². The molecule has 0 amide bonds. The molecule has 98 valence electrons. The van der Waals surface area contributed by atoms with Crippen LogP contribution in [0.3, 0.4) is 0 Å². The number of thioether (sulfide) groups is 1. The maximum absolute atomic E-state index is 10.5. The van der Waals surface area contributed by atoms with Gasteiger partial charge < -0.3 is 5.11 Å². The van der Waals surface area contributed by atoms with E-state index in [4.69, 9.17) is 5.11 Å². The van der Waals surface area contributed by atoms with Crippen molar-refractivity contribution in [3.05, 3.63) is 53.6 Å². The van der Waals surface area contributed by atoms with Gasteiger partial charge in [0.2, 0.25) is 0 Å². The zero-order valence-electron chi connectivity index (χ0n) is 11.0. The average molecular weight is 272 g/mol. The highest BCUT2D eigenvalue weighted by atomic mass is 32.2. The van der Waals surface area contributed by atoms with Crippen LogP contribution in [0.2, 0.25) is 0 Å². The molecule has 0 saturated heterocycles. The van der Waals surface area contributed by atoms with Crippen molar-refractivity contribution in [2.24, 2.45) is 0 Å². The second kappa shape index (κ2) is 5.93. The molecule has 19 heavy (non-hydrogen) atoms. The van der Waals surface area contributed by atoms with Crippen molar-refractivity contribution in [2.45, 2.75) is 18.7 Å². The summed E-state index contributed by atoms with van der Waals surface area (Å²) in [5, 5.41) is 8.64. The highest BCUT2D eigenvalue weighted by molar-refractivity contribution is 8.00. The first-order valence-electron chi connectivity index (χ1n) is 6.08. The minimum absolute atomic E-state index is 0.100. The van der Waals surface area contributed by atoms with Crippen LogP contribution in [0.25, 0.3) is 11.1 Å². The maximum Gasteiger partial charge on any atom is 0.313 e. The van der Waals surface area contributed by atoms with Gasteiger partial charge in [0.25, 0.3) is 0 Å². The van der Waals surface area contributed by atoms with Crippen LogP contribution in [0.1, 0.15) is 11.1 Å². The molecule has 0 aliphatic carbocycles. The van der Waals surface area contributed by atoms with Crippen LogP contribution in [0.15, 0.2) is 47.4 Å². The minimum Gasteiger partial charge on any atom is -0.481 e. The van der Waals surface area contributed by atoms with Crippen molar-refractivity contribution >= 4 is 17.7 Å². The Morgan fingerprint density at radius 2 is 1.63 bits per heavy atom. The van der Waals surface area contributed by atoms with Gasteiger partial charge in [-0.2, -0.15) is 0 Å². The lowest BCUT2D eigenvalue weighted by Gasteiger charge is -2.06. The minimum atomic E-state index is -0.789. The van der Waals surface area contributed by atoms with Crippen LogP contribution in [0.4, 0.5) is 0 Å². The second-order valence-corrected chi connectivity index (χ2v) is 5.55. The molecule has 0 saturated carbocycles. The fourth-order valence-corrected chi connectivity index (χ4v) is 2.43. The number of hydrogen-bond donors (Lipinski definition) is 1. The maximum atomic E-state index is 10.5. The Balaban J connectivity index is 2.17. The molecular weight excluding hydrogens is 256 g/mol. The number of aryl methyl sites for hydroxylation is 2. The quantitative estimate of drug-likeness (QED) is 0.850. The summed E-state index contributed by atoms with van der Waals surface area (Å²) >= 11 is 1.34. The number of hydrogen-bond acceptors (Lipinski definition) is 2. The average Bonchev–Trinajstić information content (AvgIpc) is 2.40. The van der Waals surface area contributed by atoms with Crippen LogP contribution >= 0.6 is 11.8 Å². The molecule has 0 unspecified atom stereocenters. The van der Waals surface area contributed by atoms with Crippen LogP contribution in [-0.4, -0.2) is 16.8 Å². The summed E-state index contributed by atoms with van der Waals surface area (Å²) in [6.07, 6.45) is 0. The molecule has 2 rings (SSSR count). The van der Waals surface area contributed by atoms with Crippen molar-refractivity contribution in [1.82, 2.24) is 0 Å². The summed E-state index contributed by atoms with van der Waals surface area (Å²) < 4.78 is 0. The van der Waals surface area contributed by atoms with Gasteiger partial charge in [-0.05, 0) is 48.2 Å². The topological polar surface area (TPSA) is 37.3 Å². The molecule has 0 bridgehead atoms. The Kier molecular flexibility index (Phi) is 4.27. The standard InChI is InChI=1S/C16H16O2S/c1-11-3-4-14(9-12(11)2)13-5-7-15(8-6-13)19-10-16(17)18/h3-9H,10H2,1-2H3,(H,17,18). The van der Waals surface area contributed by atoms with E-state index in [1.807, 2.05) is 24.3 Å². The molecule has 1 N–H and O–H groups in total. The molecule has 2 aromatic rings. The van der Waals surface area contributed by atoms with Gasteiger partial charge in [-0.25, -0.2) is 0 Å². The third-order valence-corrected chi connectivity index (χ3v) is 4.05. The number of rotatable bonds is 4. The summed E-state index contributed by atoms with van der Waals surface area (Å²) in [5.74, 6) is -0.688. The lowest BCUT2D eigenvalue weighted by molar-refractivity contribution is -0.133. The number of benzene rings is 2. The van der Waals surface area contributed by atoms with Crippen molar-refractivity contribution in [1.29, 1.82) is 0 Å². The van der Waals surface area contributed by atoms with E-state index in [2.05, 4.69) is 32.0 Å². The van der Waals surface area contributed by atoms with Gasteiger partial charge >= 0.3 is 5.97 Å². The molecular formula is C16H16O2S. The van der Waals surface area contributed by atoms with E-state index in [-0.39, 0.29) is 5.75 Å². The summed E-state index contributed by atoms with van der Waals surface area (Å²) in [7, 11) is 0. The van der Waals surface area contributed by atoms with E-state index in [0.29, 0.717) is 0 Å². The van der Waals surface area contributed by atoms with Gasteiger partial charge in [0.1, 0.15) is 0 Å². The number of carbonyl (C=O) groups is 1. The Morgan fingerprint density at radius 3 is 2.21 bits per heavy atom. The fourth-order valence-electron chi connectivity index (χ4n) is 1.81. The van der Waals surface area contributed by atoms with E-state index in [1.54, 1.807) is 0 Å². The first-order valence-corrected chi connectivity index (χ1v) is 7.07. The normalized spacial score (nSPS) is 10.4. The zero-order valence-corrected chi connectivity index (χ0v) is 11.8. The molecule has 0 aliphatic rings. The van der Waals surface area contributed by atoms with Crippen LogP contribution < -0.4 is 0 Å². The van der Waals surface area contributed by atoms with Gasteiger partial charge in [-0.3, -0.25) is 4.79 Å². The Bertz CT molecular complexity index is 588. The Hall–Kier alpha value is -1.74. The summed E-state index contributed by atoms with van der Waals surface area (Å²) in [5.41, 5.74) is 4.92. The first kappa shape index (κ1) is 13.7. The highest BCUT2D eigenvalue weighted by Crippen LogP contribution is 2.25. The third-order valence-electron chi connectivity index (χ3n) is 3.06. The zero-order chi connectivity index (χ0) is 13.8. The van der Waals surface area contributed by atoms with Crippen molar-refractivity contribution < 1.29 is 9.90 Å². The lowest BCUT2D eigenvalue weighted by atomic mass is 10.0. The third kappa shape index (κ3) is 3.61. The molecule has 2 nitrogen and oxygen atoms in total. The van der Waals surface area contributed by atoms with E-state index in [9.17, 15) is 4.79 Å². The molecule has 0 fully saturated rings. The fraction of sp³-hybridized carbons (Fsp3) is 0.188. The summed E-state index contributed by atoms with van der Waals surface area (Å²) in [4.78, 5) is 11.5. The molecule has 0 atom stereocenters. The first-order chi connectivity index (χ1) is 9.06. The predicted octanol–water partition coefficient (Wildman–Crippen LogP) is 4.15. The molecule has 0 aromatic heterocycles. The van der Waals surface area contributed by atoms with Crippen LogP contribution in [-0.2, 0) is 4.79 Å². The van der Waals surface area contributed by atoms with Gasteiger partial charge in [-0.15, -0.1) is 11.8 Å². The predicted molar refractivity (Wildman–Crippen MR) is 79.7 cm³/mol. The van der Waals surface area contributed by atoms with E-state index >= 15 is 0 Å². The molecule has 0 spiro atoms. The van der Waals surface area contributed by atoms with E-state index in [0.717, 1.165) is 10.5 Å². The lowest BCUT2D eigenvalue weighted by Crippen LogP contribution is -1.97. The van der Waals surface area contributed by atoms with E-state index < -0.39 is 5.97 Å². The SMILES string of the molecule is Cc1ccc(-c2ccc(SCC(=O)O)cc2)cc1C. The Labute approximate surface area is 117 Å². The van der Waals surface area contributed by atoms with Gasteiger partial charge in [0, 0.05) is 4.90 Å². The highest BCUT2D eigenvalue weighted by Gasteiger charge is 2.02. The van der Waals surface area contributed by atoms with Gasteiger partial charge in [-0.1, -0.05) is 30.3 Å². The van der Waals surface area contributed by atoms with Gasteiger partial charge in [0.05, 0.1) is 5.75 Å². The second-order valence-electron chi connectivity index (χ2n) is 4.51. The molecule has 0 heterocycles. The molecule has 3 heteroatoms. The summed E-state index contributed by atoms with van der Waals surface area (Å²) in [6.45, 7) is 4.21. The number of carboxylic acids is 1. The number of carboxylic acid groups (broad SMARTS) is 1. The largest absolute Gasteiger partial charge is 0.481 e. The van der Waals surface area contributed by atoms with Crippen molar-refractivity contribution in [2.75, 3.05) is 5.75 Å². The molecule has 2 aromatic carbocycles. The molecule has 0 radical (unpaired) electrons. The van der Waals surface area contributed by atoms with Crippen molar-refractivity contribution in [3.63, 3.8) is 0 Å². The molecule has 0 aliphatic heterocycles. The smallest absolute Gasteiger partial charge is 0.313 e. The Morgan fingerprint density at radius 1 is 1.00 bits per heavy atom. The monoisotopic (exact) mass is 272 g/mol. The van der Waals surface area contributed by atoms with Crippen LogP contribution in [0.5, 0.6) is 0 Å². The summed E-state index contributed by atoms with van der Waals surface area (Å²) in [6, 6.07) is 14.4. The van der Waals surface area contributed by atoms with E-state index in [1.165, 1.54) is 28.5 Å². The number of aliphatic carboxylic acids is 1. The van der Waals surface area contributed by atoms with Crippen LogP contribution in [0, 0.1) is 13.8 Å².